The van der Waals surface area contributed by atoms with E-state index in [-0.39, 0.29) is 12.1 Å². The Hall–Kier alpha value is -1.45. The van der Waals surface area contributed by atoms with E-state index in [1.165, 1.54) is 0 Å². The first-order valence-corrected chi connectivity index (χ1v) is 4.70. The van der Waals surface area contributed by atoms with E-state index in [1.807, 2.05) is 6.92 Å². The van der Waals surface area contributed by atoms with E-state index in [1.54, 1.807) is 25.4 Å². The smallest absolute Gasteiger partial charge is 0.306 e. The van der Waals surface area contributed by atoms with E-state index in [0.717, 1.165) is 6.42 Å². The summed E-state index contributed by atoms with van der Waals surface area (Å²) in [5, 5.41) is 0. The molecule has 1 heterocycles. The van der Waals surface area contributed by atoms with Crippen LogP contribution < -0.4 is 0 Å². The Balaban J connectivity index is 2.50. The van der Waals surface area contributed by atoms with Crippen molar-refractivity contribution >= 4 is 5.97 Å². The summed E-state index contributed by atoms with van der Waals surface area (Å²) >= 11 is 0. The van der Waals surface area contributed by atoms with Crippen LogP contribution in [0, 0.1) is 0 Å². The molecule has 0 aliphatic rings. The quantitative estimate of drug-likeness (QED) is 0.687. The summed E-state index contributed by atoms with van der Waals surface area (Å²) < 4.78 is 5.11. The Labute approximate surface area is 83.3 Å². The van der Waals surface area contributed by atoms with Gasteiger partial charge in [0.25, 0.3) is 0 Å². The highest BCUT2D eigenvalue weighted by Crippen LogP contribution is 2.11. The van der Waals surface area contributed by atoms with Crippen molar-refractivity contribution in [2.45, 2.75) is 32.8 Å². The lowest BCUT2D eigenvalue weighted by atomic mass is 10.3. The molecule has 0 fully saturated rings. The molecule has 1 aromatic heterocycles. The third-order valence-corrected chi connectivity index (χ3v) is 1.71. The van der Waals surface area contributed by atoms with Crippen molar-refractivity contribution in [2.75, 3.05) is 0 Å². The van der Waals surface area contributed by atoms with Gasteiger partial charge in [-0.3, -0.25) is 4.79 Å². The second-order valence-electron chi connectivity index (χ2n) is 2.99. The fourth-order valence-corrected chi connectivity index (χ4v) is 1.03. The highest BCUT2D eigenvalue weighted by molar-refractivity contribution is 5.69. The van der Waals surface area contributed by atoms with Crippen LogP contribution in [0.1, 0.15) is 38.6 Å². The zero-order valence-corrected chi connectivity index (χ0v) is 8.43. The van der Waals surface area contributed by atoms with Gasteiger partial charge in [0.1, 0.15) is 0 Å². The van der Waals surface area contributed by atoms with Gasteiger partial charge < -0.3 is 4.74 Å². The molecule has 1 atom stereocenters. The van der Waals surface area contributed by atoms with Gasteiger partial charge in [-0.25, -0.2) is 9.97 Å². The van der Waals surface area contributed by atoms with Crippen molar-refractivity contribution in [2.24, 2.45) is 0 Å². The summed E-state index contributed by atoms with van der Waals surface area (Å²) in [6, 6.07) is 1.73. The van der Waals surface area contributed by atoms with Gasteiger partial charge in [0.15, 0.2) is 11.9 Å². The number of rotatable bonds is 4. The van der Waals surface area contributed by atoms with Crippen LogP contribution in [0.3, 0.4) is 0 Å². The SMILES string of the molecule is CCCC(=O)O[C@H](C)c1ncccn1. The lowest BCUT2D eigenvalue weighted by molar-refractivity contribution is -0.149. The topological polar surface area (TPSA) is 52.1 Å². The molecule has 0 N–H and O–H groups in total. The molecule has 0 saturated carbocycles. The zero-order chi connectivity index (χ0) is 10.4. The van der Waals surface area contributed by atoms with Gasteiger partial charge in [-0.2, -0.15) is 0 Å². The van der Waals surface area contributed by atoms with E-state index in [9.17, 15) is 4.79 Å². The fraction of sp³-hybridized carbons (Fsp3) is 0.500. The first kappa shape index (κ1) is 10.6. The van der Waals surface area contributed by atoms with E-state index >= 15 is 0 Å². The van der Waals surface area contributed by atoms with Crippen LogP contribution in [-0.4, -0.2) is 15.9 Å². The Morgan fingerprint density at radius 1 is 1.50 bits per heavy atom. The first-order valence-electron chi connectivity index (χ1n) is 4.70. The van der Waals surface area contributed by atoms with Crippen molar-refractivity contribution < 1.29 is 9.53 Å². The maximum atomic E-state index is 11.1. The van der Waals surface area contributed by atoms with Gasteiger partial charge in [-0.1, -0.05) is 6.92 Å². The minimum Gasteiger partial charge on any atom is -0.454 e. The number of esters is 1. The highest BCUT2D eigenvalue weighted by Gasteiger charge is 2.12. The van der Waals surface area contributed by atoms with Crippen LogP contribution in [0.4, 0.5) is 0 Å². The van der Waals surface area contributed by atoms with Crippen molar-refractivity contribution in [1.82, 2.24) is 9.97 Å². The molecule has 4 heteroatoms. The molecule has 0 radical (unpaired) electrons. The van der Waals surface area contributed by atoms with Crippen LogP contribution in [0.2, 0.25) is 0 Å². The molecule has 0 aliphatic heterocycles. The number of carbonyl (C=O) groups excluding carboxylic acids is 1. The molecule has 0 bridgehead atoms. The Morgan fingerprint density at radius 2 is 2.14 bits per heavy atom. The molecule has 0 amide bonds. The monoisotopic (exact) mass is 194 g/mol. The summed E-state index contributed by atoms with van der Waals surface area (Å²) in [6.07, 6.45) is 4.13. The highest BCUT2D eigenvalue weighted by atomic mass is 16.5. The summed E-state index contributed by atoms with van der Waals surface area (Å²) in [7, 11) is 0. The number of hydrogen-bond donors (Lipinski definition) is 0. The molecular formula is C10H14N2O2. The average molecular weight is 194 g/mol. The maximum absolute atomic E-state index is 11.1. The predicted octanol–water partition coefficient (Wildman–Crippen LogP) is 1.88. The van der Waals surface area contributed by atoms with Gasteiger partial charge >= 0.3 is 5.97 Å². The lowest BCUT2D eigenvalue weighted by Crippen LogP contribution is -2.10. The van der Waals surface area contributed by atoms with Crippen molar-refractivity contribution in [3.63, 3.8) is 0 Å². The summed E-state index contributed by atoms with van der Waals surface area (Å²) in [5.74, 6) is 0.337. The average Bonchev–Trinajstić information content (AvgIpc) is 2.19. The van der Waals surface area contributed by atoms with Gasteiger partial charge in [0, 0.05) is 18.8 Å². The second-order valence-corrected chi connectivity index (χ2v) is 2.99. The Kier molecular flexibility index (Phi) is 4.04. The van der Waals surface area contributed by atoms with E-state index in [4.69, 9.17) is 4.74 Å². The van der Waals surface area contributed by atoms with E-state index < -0.39 is 0 Å². The van der Waals surface area contributed by atoms with E-state index in [0.29, 0.717) is 12.2 Å². The summed E-state index contributed by atoms with van der Waals surface area (Å²) in [6.45, 7) is 3.70. The normalized spacial score (nSPS) is 12.1. The Morgan fingerprint density at radius 3 is 2.71 bits per heavy atom. The molecule has 0 aromatic carbocycles. The Bertz CT molecular complexity index is 287. The zero-order valence-electron chi connectivity index (χ0n) is 8.43. The van der Waals surface area contributed by atoms with E-state index in [2.05, 4.69) is 9.97 Å². The lowest BCUT2D eigenvalue weighted by Gasteiger charge is -2.10. The van der Waals surface area contributed by atoms with Crippen LogP contribution in [0.15, 0.2) is 18.5 Å². The largest absolute Gasteiger partial charge is 0.454 e. The fourth-order valence-electron chi connectivity index (χ4n) is 1.03. The molecule has 0 spiro atoms. The summed E-state index contributed by atoms with van der Waals surface area (Å²) in [5.41, 5.74) is 0. The maximum Gasteiger partial charge on any atom is 0.306 e. The first-order chi connectivity index (χ1) is 6.74. The number of ether oxygens (including phenoxy) is 1. The predicted molar refractivity (Wildman–Crippen MR) is 51.4 cm³/mol. The molecule has 76 valence electrons. The van der Waals surface area contributed by atoms with Gasteiger partial charge in [0.05, 0.1) is 0 Å². The standard InChI is InChI=1S/C10H14N2O2/c1-3-5-9(13)14-8(2)10-11-6-4-7-12-10/h4,6-8H,3,5H2,1-2H3/t8-/m1/s1. The third kappa shape index (κ3) is 3.12. The van der Waals surface area contributed by atoms with Crippen LogP contribution in [0.25, 0.3) is 0 Å². The molecule has 4 nitrogen and oxygen atoms in total. The van der Waals surface area contributed by atoms with Crippen LogP contribution in [0.5, 0.6) is 0 Å². The number of hydrogen-bond acceptors (Lipinski definition) is 4. The van der Waals surface area contributed by atoms with Crippen LogP contribution in [-0.2, 0) is 9.53 Å². The molecule has 1 aromatic rings. The molecule has 1 rings (SSSR count). The third-order valence-electron chi connectivity index (χ3n) is 1.71. The number of aromatic nitrogens is 2. The van der Waals surface area contributed by atoms with Gasteiger partial charge in [-0.15, -0.1) is 0 Å². The summed E-state index contributed by atoms with van der Waals surface area (Å²) in [4.78, 5) is 19.2. The van der Waals surface area contributed by atoms with Crippen molar-refractivity contribution in [3.8, 4) is 0 Å². The minimum atomic E-state index is -0.366. The number of nitrogens with zero attached hydrogens (tertiary/aromatic N) is 2. The minimum absolute atomic E-state index is 0.201. The molecule has 0 saturated heterocycles. The van der Waals surface area contributed by atoms with Crippen LogP contribution >= 0.6 is 0 Å². The molecule has 0 unspecified atom stereocenters. The van der Waals surface area contributed by atoms with Crippen molar-refractivity contribution in [1.29, 1.82) is 0 Å². The second kappa shape index (κ2) is 5.32. The number of carbonyl (C=O) groups is 1. The molecule has 14 heavy (non-hydrogen) atoms. The van der Waals surface area contributed by atoms with Gasteiger partial charge in [0.2, 0.25) is 0 Å². The van der Waals surface area contributed by atoms with Gasteiger partial charge in [-0.05, 0) is 19.4 Å². The van der Waals surface area contributed by atoms with Crippen molar-refractivity contribution in [3.05, 3.63) is 24.3 Å². The molecule has 0 aliphatic carbocycles. The molecular weight excluding hydrogens is 180 g/mol.